The van der Waals surface area contributed by atoms with Crippen LogP contribution in [0.4, 0.5) is 5.69 Å². The maximum absolute atomic E-state index is 9.46. The Bertz CT molecular complexity index is 325. The first-order valence-corrected chi connectivity index (χ1v) is 4.30. The molecule has 3 N–H and O–H groups in total. The summed E-state index contributed by atoms with van der Waals surface area (Å²) in [6, 6.07) is 5.12. The Balaban J connectivity index is 2.87. The van der Waals surface area contributed by atoms with Gasteiger partial charge in [0, 0.05) is 5.69 Å². The van der Waals surface area contributed by atoms with E-state index in [1.54, 1.807) is 18.2 Å². The van der Waals surface area contributed by atoms with Gasteiger partial charge in [-0.05, 0) is 44.0 Å². The molecule has 0 amide bonds. The van der Waals surface area contributed by atoms with Gasteiger partial charge in [-0.3, -0.25) is 0 Å². The van der Waals surface area contributed by atoms with E-state index in [0.29, 0.717) is 11.4 Å². The van der Waals surface area contributed by atoms with Crippen molar-refractivity contribution in [2.24, 2.45) is 0 Å². The Morgan fingerprint density at radius 1 is 1.46 bits per heavy atom. The molecule has 0 aliphatic rings. The molecule has 1 rings (SSSR count). The monoisotopic (exact) mass is 177 g/mol. The molecular formula is C11H15NO. The van der Waals surface area contributed by atoms with Crippen LogP contribution in [0, 0.1) is 0 Å². The number of nitrogen functional groups attached to an aromatic ring is 1. The summed E-state index contributed by atoms with van der Waals surface area (Å²) < 4.78 is 0. The molecule has 13 heavy (non-hydrogen) atoms. The molecule has 0 atom stereocenters. The summed E-state index contributed by atoms with van der Waals surface area (Å²) in [5, 5.41) is 9.46. The van der Waals surface area contributed by atoms with Gasteiger partial charge >= 0.3 is 0 Å². The van der Waals surface area contributed by atoms with Crippen molar-refractivity contribution in [2.75, 3.05) is 5.73 Å². The zero-order valence-electron chi connectivity index (χ0n) is 8.04. The minimum absolute atomic E-state index is 0.312. The maximum atomic E-state index is 9.46. The minimum Gasteiger partial charge on any atom is -0.508 e. The van der Waals surface area contributed by atoms with Gasteiger partial charge in [0.2, 0.25) is 0 Å². The molecule has 2 nitrogen and oxygen atoms in total. The average Bonchev–Trinajstić information content (AvgIpc) is 2.06. The zero-order valence-corrected chi connectivity index (χ0v) is 8.04. The van der Waals surface area contributed by atoms with E-state index in [4.69, 9.17) is 5.73 Å². The Labute approximate surface area is 78.7 Å². The van der Waals surface area contributed by atoms with Gasteiger partial charge in [0.15, 0.2) is 0 Å². The number of anilines is 1. The van der Waals surface area contributed by atoms with E-state index < -0.39 is 0 Å². The standard InChI is InChI=1S/C11H15NO/c1-8(2)3-4-9-7-10(12)5-6-11(9)13/h3,5-7,13H,4,12H2,1-2H3. The summed E-state index contributed by atoms with van der Waals surface area (Å²) in [6.45, 7) is 4.06. The van der Waals surface area contributed by atoms with Crippen LogP contribution in [0.1, 0.15) is 19.4 Å². The predicted octanol–water partition coefficient (Wildman–Crippen LogP) is 2.48. The van der Waals surface area contributed by atoms with E-state index in [-0.39, 0.29) is 0 Å². The molecule has 0 aliphatic carbocycles. The summed E-state index contributed by atoms with van der Waals surface area (Å²) in [4.78, 5) is 0. The van der Waals surface area contributed by atoms with Gasteiger partial charge in [0.25, 0.3) is 0 Å². The van der Waals surface area contributed by atoms with Crippen molar-refractivity contribution in [2.45, 2.75) is 20.3 Å². The fourth-order valence-corrected chi connectivity index (χ4v) is 1.08. The molecule has 0 aromatic heterocycles. The number of aromatic hydroxyl groups is 1. The normalized spacial score (nSPS) is 9.69. The van der Waals surface area contributed by atoms with Crippen LogP contribution in [0.25, 0.3) is 0 Å². The third-order valence-electron chi connectivity index (χ3n) is 1.83. The number of hydrogen-bond donors (Lipinski definition) is 2. The van der Waals surface area contributed by atoms with Crippen LogP contribution in [-0.4, -0.2) is 5.11 Å². The first kappa shape index (κ1) is 9.65. The van der Waals surface area contributed by atoms with Gasteiger partial charge in [-0.25, -0.2) is 0 Å². The van der Waals surface area contributed by atoms with E-state index in [1.807, 2.05) is 13.8 Å². The molecule has 2 heteroatoms. The van der Waals surface area contributed by atoms with E-state index in [0.717, 1.165) is 12.0 Å². The van der Waals surface area contributed by atoms with Crippen LogP contribution in [0.5, 0.6) is 5.75 Å². The second kappa shape index (κ2) is 3.99. The number of phenols is 1. The number of benzene rings is 1. The molecule has 70 valence electrons. The number of phenolic OH excluding ortho intramolecular Hbond substituents is 1. The molecule has 1 aromatic carbocycles. The Morgan fingerprint density at radius 2 is 2.15 bits per heavy atom. The van der Waals surface area contributed by atoms with Crippen LogP contribution in [0.15, 0.2) is 29.8 Å². The van der Waals surface area contributed by atoms with Crippen molar-refractivity contribution >= 4 is 5.69 Å². The summed E-state index contributed by atoms with van der Waals surface area (Å²) >= 11 is 0. The summed E-state index contributed by atoms with van der Waals surface area (Å²) in [6.07, 6.45) is 2.80. The molecule has 0 unspecified atom stereocenters. The number of nitrogens with two attached hydrogens (primary N) is 1. The second-order valence-corrected chi connectivity index (χ2v) is 3.37. The van der Waals surface area contributed by atoms with Crippen LogP contribution in [0.2, 0.25) is 0 Å². The van der Waals surface area contributed by atoms with Gasteiger partial charge in [-0.2, -0.15) is 0 Å². The van der Waals surface area contributed by atoms with Gasteiger partial charge < -0.3 is 10.8 Å². The predicted molar refractivity (Wildman–Crippen MR) is 55.7 cm³/mol. The van der Waals surface area contributed by atoms with Crippen LogP contribution in [0.3, 0.4) is 0 Å². The van der Waals surface area contributed by atoms with Crippen molar-refractivity contribution in [1.82, 2.24) is 0 Å². The largest absolute Gasteiger partial charge is 0.508 e. The van der Waals surface area contributed by atoms with E-state index >= 15 is 0 Å². The highest BCUT2D eigenvalue weighted by atomic mass is 16.3. The SMILES string of the molecule is CC(C)=CCc1cc(N)ccc1O. The van der Waals surface area contributed by atoms with Crippen molar-refractivity contribution in [1.29, 1.82) is 0 Å². The molecule has 0 heterocycles. The quantitative estimate of drug-likeness (QED) is 0.414. The Hall–Kier alpha value is -1.44. The van der Waals surface area contributed by atoms with Crippen molar-refractivity contribution < 1.29 is 5.11 Å². The molecule has 1 aromatic rings. The maximum Gasteiger partial charge on any atom is 0.119 e. The van der Waals surface area contributed by atoms with E-state index in [1.165, 1.54) is 5.57 Å². The Morgan fingerprint density at radius 3 is 2.77 bits per heavy atom. The van der Waals surface area contributed by atoms with Gasteiger partial charge in [0.1, 0.15) is 5.75 Å². The third kappa shape index (κ3) is 2.82. The van der Waals surface area contributed by atoms with Crippen molar-refractivity contribution in [3.8, 4) is 5.75 Å². The van der Waals surface area contributed by atoms with Gasteiger partial charge in [0.05, 0.1) is 0 Å². The minimum atomic E-state index is 0.312. The van der Waals surface area contributed by atoms with Crippen LogP contribution >= 0.6 is 0 Å². The topological polar surface area (TPSA) is 46.2 Å². The number of rotatable bonds is 2. The first-order chi connectivity index (χ1) is 6.09. The molecular weight excluding hydrogens is 162 g/mol. The number of allylic oxidation sites excluding steroid dienone is 2. The molecule has 0 spiro atoms. The number of hydrogen-bond acceptors (Lipinski definition) is 2. The average molecular weight is 177 g/mol. The van der Waals surface area contributed by atoms with Gasteiger partial charge in [-0.15, -0.1) is 0 Å². The molecule has 0 fully saturated rings. The second-order valence-electron chi connectivity index (χ2n) is 3.37. The van der Waals surface area contributed by atoms with Crippen LogP contribution in [-0.2, 0) is 6.42 Å². The first-order valence-electron chi connectivity index (χ1n) is 4.30. The van der Waals surface area contributed by atoms with E-state index in [9.17, 15) is 5.11 Å². The van der Waals surface area contributed by atoms with Crippen molar-refractivity contribution in [3.05, 3.63) is 35.4 Å². The van der Waals surface area contributed by atoms with Crippen molar-refractivity contribution in [3.63, 3.8) is 0 Å². The molecule has 0 radical (unpaired) electrons. The van der Waals surface area contributed by atoms with Crippen LogP contribution < -0.4 is 5.73 Å². The van der Waals surface area contributed by atoms with Gasteiger partial charge in [-0.1, -0.05) is 11.6 Å². The highest BCUT2D eigenvalue weighted by Gasteiger charge is 1.98. The smallest absolute Gasteiger partial charge is 0.119 e. The summed E-state index contributed by atoms with van der Waals surface area (Å²) in [5.41, 5.74) is 8.41. The molecule has 0 saturated carbocycles. The summed E-state index contributed by atoms with van der Waals surface area (Å²) in [5.74, 6) is 0.312. The lowest BCUT2D eigenvalue weighted by molar-refractivity contribution is 0.470. The molecule has 0 saturated heterocycles. The highest BCUT2D eigenvalue weighted by Crippen LogP contribution is 2.20. The summed E-state index contributed by atoms with van der Waals surface area (Å²) in [7, 11) is 0. The van der Waals surface area contributed by atoms with E-state index in [2.05, 4.69) is 6.08 Å². The Kier molecular flexibility index (Phi) is 2.96. The third-order valence-corrected chi connectivity index (χ3v) is 1.83. The zero-order chi connectivity index (χ0) is 9.84. The molecule has 0 aliphatic heterocycles. The fourth-order valence-electron chi connectivity index (χ4n) is 1.08. The lowest BCUT2D eigenvalue weighted by atomic mass is 10.1. The molecule has 0 bridgehead atoms. The highest BCUT2D eigenvalue weighted by molar-refractivity contribution is 5.47. The lowest BCUT2D eigenvalue weighted by Gasteiger charge is -2.02. The lowest BCUT2D eigenvalue weighted by Crippen LogP contribution is -1.88. The fraction of sp³-hybridized carbons (Fsp3) is 0.273.